The molecule has 1 aliphatic heterocycles. The van der Waals surface area contributed by atoms with E-state index in [4.69, 9.17) is 0 Å². The number of amides is 1. The highest BCUT2D eigenvalue weighted by molar-refractivity contribution is 7.99. The zero-order valence-corrected chi connectivity index (χ0v) is 17.2. The van der Waals surface area contributed by atoms with Crippen molar-refractivity contribution in [3.63, 3.8) is 0 Å². The van der Waals surface area contributed by atoms with Gasteiger partial charge in [0.05, 0.1) is 17.9 Å². The lowest BCUT2D eigenvalue weighted by Crippen LogP contribution is -2.50. The molecule has 2 fully saturated rings. The Morgan fingerprint density at radius 2 is 1.90 bits per heavy atom. The predicted molar refractivity (Wildman–Crippen MR) is 109 cm³/mol. The summed E-state index contributed by atoms with van der Waals surface area (Å²) in [7, 11) is 0. The Morgan fingerprint density at radius 3 is 2.59 bits per heavy atom. The minimum Gasteiger partial charge on any atom is -0.339 e. The van der Waals surface area contributed by atoms with Crippen molar-refractivity contribution in [1.29, 1.82) is 5.26 Å². The van der Waals surface area contributed by atoms with Gasteiger partial charge in [0.15, 0.2) is 0 Å². The molecule has 1 unspecified atom stereocenters. The van der Waals surface area contributed by atoms with Gasteiger partial charge in [0, 0.05) is 26.2 Å². The molecule has 2 aromatic rings. The summed E-state index contributed by atoms with van der Waals surface area (Å²) in [5, 5.41) is 22.4. The average Bonchev–Trinajstić information content (AvgIpc) is 3.45. The van der Waals surface area contributed by atoms with E-state index in [1.165, 1.54) is 24.6 Å². The van der Waals surface area contributed by atoms with Crippen molar-refractivity contribution in [3.8, 4) is 6.07 Å². The van der Waals surface area contributed by atoms with Gasteiger partial charge in [-0.1, -0.05) is 54.9 Å². The van der Waals surface area contributed by atoms with E-state index in [0.29, 0.717) is 38.0 Å². The highest BCUT2D eigenvalue weighted by Gasteiger charge is 2.28. The van der Waals surface area contributed by atoms with E-state index in [1.807, 2.05) is 39.9 Å². The molecule has 0 spiro atoms. The molecule has 0 bridgehead atoms. The standard InChI is InChI=1S/C20H25N7OS/c21-14-18(16-6-2-1-3-7-16)25-10-12-26(13-11-25)19(28)15-29-20-22-23-24-27(20)17-8-4-5-9-17/h1-3,6-7,17-18H,4-5,8-13,15H2. The first-order valence-corrected chi connectivity index (χ1v) is 11.1. The summed E-state index contributed by atoms with van der Waals surface area (Å²) in [6.07, 6.45) is 4.64. The molecule has 1 atom stereocenters. The van der Waals surface area contributed by atoms with Crippen molar-refractivity contribution in [1.82, 2.24) is 30.0 Å². The molecule has 152 valence electrons. The molecule has 0 N–H and O–H groups in total. The number of piperazine rings is 1. The van der Waals surface area contributed by atoms with Crippen LogP contribution >= 0.6 is 11.8 Å². The Balaban J connectivity index is 1.28. The van der Waals surface area contributed by atoms with E-state index in [2.05, 4.69) is 26.5 Å². The molecule has 1 aliphatic carbocycles. The first-order chi connectivity index (χ1) is 14.3. The van der Waals surface area contributed by atoms with E-state index in [1.54, 1.807) is 0 Å². The zero-order chi connectivity index (χ0) is 20.1. The molecular weight excluding hydrogens is 386 g/mol. The predicted octanol–water partition coefficient (Wildman–Crippen LogP) is 2.29. The number of nitriles is 1. The number of thioether (sulfide) groups is 1. The van der Waals surface area contributed by atoms with Crippen LogP contribution in [0.4, 0.5) is 0 Å². The molecule has 9 heteroatoms. The third-order valence-electron chi connectivity index (χ3n) is 5.73. The van der Waals surface area contributed by atoms with Crippen LogP contribution in [-0.4, -0.2) is 67.8 Å². The molecule has 1 aromatic carbocycles. The van der Waals surface area contributed by atoms with Crippen molar-refractivity contribution in [2.45, 2.75) is 42.9 Å². The van der Waals surface area contributed by atoms with Gasteiger partial charge < -0.3 is 4.90 Å². The summed E-state index contributed by atoms with van der Waals surface area (Å²) in [6.45, 7) is 2.67. The fourth-order valence-corrected chi connectivity index (χ4v) is 4.96. The molecule has 4 rings (SSSR count). The number of rotatable bonds is 6. The van der Waals surface area contributed by atoms with Crippen molar-refractivity contribution in [2.24, 2.45) is 0 Å². The van der Waals surface area contributed by atoms with Gasteiger partial charge >= 0.3 is 0 Å². The number of carbonyl (C=O) groups is 1. The molecular formula is C20H25N7OS. The molecule has 2 heterocycles. The Morgan fingerprint density at radius 1 is 1.17 bits per heavy atom. The number of hydrogen-bond acceptors (Lipinski definition) is 7. The van der Waals surface area contributed by atoms with E-state index in [0.717, 1.165) is 23.6 Å². The van der Waals surface area contributed by atoms with Crippen molar-refractivity contribution < 1.29 is 4.79 Å². The summed E-state index contributed by atoms with van der Waals surface area (Å²) >= 11 is 1.42. The van der Waals surface area contributed by atoms with Crippen LogP contribution in [0.1, 0.15) is 43.3 Å². The van der Waals surface area contributed by atoms with Gasteiger partial charge in [-0.2, -0.15) is 5.26 Å². The Labute approximate surface area is 174 Å². The third kappa shape index (κ3) is 4.60. The van der Waals surface area contributed by atoms with Gasteiger partial charge in [-0.3, -0.25) is 9.69 Å². The lowest BCUT2D eigenvalue weighted by atomic mass is 10.1. The Kier molecular flexibility index (Phi) is 6.42. The van der Waals surface area contributed by atoms with Crippen LogP contribution in [0, 0.1) is 11.3 Å². The van der Waals surface area contributed by atoms with Gasteiger partial charge in [0.25, 0.3) is 0 Å². The smallest absolute Gasteiger partial charge is 0.233 e. The fraction of sp³-hybridized carbons (Fsp3) is 0.550. The van der Waals surface area contributed by atoms with Gasteiger partial charge in [0.1, 0.15) is 6.04 Å². The van der Waals surface area contributed by atoms with Crippen LogP contribution in [0.3, 0.4) is 0 Å². The highest BCUT2D eigenvalue weighted by atomic mass is 32.2. The minimum atomic E-state index is -0.265. The summed E-state index contributed by atoms with van der Waals surface area (Å²) < 4.78 is 1.89. The van der Waals surface area contributed by atoms with Crippen molar-refractivity contribution in [2.75, 3.05) is 31.9 Å². The Hall–Kier alpha value is -2.44. The molecule has 1 saturated carbocycles. The molecule has 2 aliphatic rings. The second-order valence-corrected chi connectivity index (χ2v) is 8.43. The number of nitrogens with zero attached hydrogens (tertiary/aromatic N) is 7. The molecule has 29 heavy (non-hydrogen) atoms. The fourth-order valence-electron chi connectivity index (χ4n) is 4.11. The van der Waals surface area contributed by atoms with E-state index >= 15 is 0 Å². The number of tetrazole rings is 1. The molecule has 8 nitrogen and oxygen atoms in total. The molecule has 1 amide bonds. The molecule has 1 aromatic heterocycles. The van der Waals surface area contributed by atoms with Gasteiger partial charge in [-0.05, 0) is 28.8 Å². The lowest BCUT2D eigenvalue weighted by molar-refractivity contribution is -0.130. The van der Waals surface area contributed by atoms with E-state index in [9.17, 15) is 10.1 Å². The van der Waals surface area contributed by atoms with E-state index < -0.39 is 0 Å². The van der Waals surface area contributed by atoms with Gasteiger partial charge in [0.2, 0.25) is 11.1 Å². The topological polar surface area (TPSA) is 90.9 Å². The zero-order valence-electron chi connectivity index (χ0n) is 16.4. The van der Waals surface area contributed by atoms with Gasteiger partial charge in [-0.15, -0.1) is 5.10 Å². The number of hydrogen-bond donors (Lipinski definition) is 0. The van der Waals surface area contributed by atoms with Crippen LogP contribution in [0.2, 0.25) is 0 Å². The largest absolute Gasteiger partial charge is 0.339 e. The van der Waals surface area contributed by atoms with Crippen LogP contribution < -0.4 is 0 Å². The maximum Gasteiger partial charge on any atom is 0.233 e. The van der Waals surface area contributed by atoms with Crippen LogP contribution in [-0.2, 0) is 4.79 Å². The quantitative estimate of drug-likeness (QED) is 0.674. The average molecular weight is 412 g/mol. The van der Waals surface area contributed by atoms with Crippen molar-refractivity contribution in [3.05, 3.63) is 35.9 Å². The summed E-state index contributed by atoms with van der Waals surface area (Å²) in [5.41, 5.74) is 1.00. The lowest BCUT2D eigenvalue weighted by Gasteiger charge is -2.37. The summed E-state index contributed by atoms with van der Waals surface area (Å²) in [5.74, 6) is 0.442. The second kappa shape index (κ2) is 9.37. The van der Waals surface area contributed by atoms with Gasteiger partial charge in [-0.25, -0.2) is 4.68 Å². The number of carbonyl (C=O) groups excluding carboxylic acids is 1. The molecule has 1 saturated heterocycles. The minimum absolute atomic E-state index is 0.101. The maximum atomic E-state index is 12.7. The highest BCUT2D eigenvalue weighted by Crippen LogP contribution is 2.31. The van der Waals surface area contributed by atoms with Crippen LogP contribution in [0.25, 0.3) is 0 Å². The monoisotopic (exact) mass is 411 g/mol. The second-order valence-electron chi connectivity index (χ2n) is 7.49. The van der Waals surface area contributed by atoms with Crippen LogP contribution in [0.5, 0.6) is 0 Å². The first-order valence-electron chi connectivity index (χ1n) is 10.1. The first kappa shape index (κ1) is 19.9. The number of aromatic nitrogens is 4. The number of benzene rings is 1. The molecule has 0 radical (unpaired) electrons. The third-order valence-corrected chi connectivity index (χ3v) is 6.65. The summed E-state index contributed by atoms with van der Waals surface area (Å²) in [4.78, 5) is 16.7. The van der Waals surface area contributed by atoms with Crippen molar-refractivity contribution >= 4 is 17.7 Å². The normalized spacial score (nSPS) is 19.2. The van der Waals surface area contributed by atoms with Crippen LogP contribution in [0.15, 0.2) is 35.5 Å². The Bertz CT molecular complexity index is 851. The van der Waals surface area contributed by atoms with E-state index in [-0.39, 0.29) is 11.9 Å². The maximum absolute atomic E-state index is 12.7. The SMILES string of the molecule is N#CC(c1ccccc1)N1CCN(C(=O)CSc2nnnn2C2CCCC2)CC1. The summed E-state index contributed by atoms with van der Waals surface area (Å²) in [6, 6.07) is 12.3.